The molecule has 3 rings (SSSR count). The van der Waals surface area contributed by atoms with E-state index < -0.39 is 5.41 Å². The molecule has 5 N–H and O–H groups in total. The molecule has 7 nitrogen and oxygen atoms in total. The van der Waals surface area contributed by atoms with Gasteiger partial charge in [0.25, 0.3) is 5.91 Å². The highest BCUT2D eigenvalue weighted by molar-refractivity contribution is 7.18. The average molecular weight is 309 g/mol. The van der Waals surface area contributed by atoms with Gasteiger partial charge in [-0.15, -0.1) is 0 Å². The van der Waals surface area contributed by atoms with Crippen LogP contribution < -0.4 is 16.8 Å². The van der Waals surface area contributed by atoms with Gasteiger partial charge in [0.1, 0.15) is 10.7 Å². The SMILES string of the molecule is CC1(C(N)=O)CCN(C(=O)c2sc(NC3CC3)nc2N)C1. The minimum atomic E-state index is -0.649. The van der Waals surface area contributed by atoms with Crippen LogP contribution in [0.4, 0.5) is 10.9 Å². The molecule has 2 fully saturated rings. The number of amides is 2. The van der Waals surface area contributed by atoms with Crippen LogP contribution in [0.2, 0.25) is 0 Å². The second-order valence-corrected chi connectivity index (χ2v) is 7.05. The van der Waals surface area contributed by atoms with Crippen molar-refractivity contribution in [2.45, 2.75) is 32.2 Å². The van der Waals surface area contributed by atoms with Gasteiger partial charge >= 0.3 is 0 Å². The molecule has 1 saturated heterocycles. The maximum Gasteiger partial charge on any atom is 0.267 e. The van der Waals surface area contributed by atoms with E-state index in [0.29, 0.717) is 35.6 Å². The van der Waals surface area contributed by atoms with E-state index in [1.165, 1.54) is 11.3 Å². The molecule has 1 aromatic rings. The van der Waals surface area contributed by atoms with Crippen molar-refractivity contribution in [3.63, 3.8) is 0 Å². The molecule has 1 atom stereocenters. The number of carbonyl (C=O) groups excluding carboxylic acids is 2. The van der Waals surface area contributed by atoms with Crippen LogP contribution in [-0.4, -0.2) is 40.8 Å². The number of nitrogens with zero attached hydrogens (tertiary/aromatic N) is 2. The summed E-state index contributed by atoms with van der Waals surface area (Å²) in [5, 5.41) is 3.93. The summed E-state index contributed by atoms with van der Waals surface area (Å²) in [4.78, 5) is 30.3. The van der Waals surface area contributed by atoms with E-state index in [2.05, 4.69) is 10.3 Å². The molecule has 1 aliphatic carbocycles. The van der Waals surface area contributed by atoms with E-state index >= 15 is 0 Å². The fourth-order valence-electron chi connectivity index (χ4n) is 2.43. The van der Waals surface area contributed by atoms with E-state index in [0.717, 1.165) is 12.8 Å². The Kier molecular flexibility index (Phi) is 3.27. The highest BCUT2D eigenvalue weighted by Crippen LogP contribution is 2.34. The van der Waals surface area contributed by atoms with E-state index in [-0.39, 0.29) is 17.6 Å². The van der Waals surface area contributed by atoms with Crippen molar-refractivity contribution < 1.29 is 9.59 Å². The Morgan fingerprint density at radius 3 is 2.76 bits per heavy atom. The second kappa shape index (κ2) is 4.87. The van der Waals surface area contributed by atoms with E-state index in [9.17, 15) is 9.59 Å². The van der Waals surface area contributed by atoms with Gasteiger partial charge in [0.15, 0.2) is 5.13 Å². The number of anilines is 2. The Bertz CT molecular complexity index is 597. The highest BCUT2D eigenvalue weighted by Gasteiger charge is 2.41. The summed E-state index contributed by atoms with van der Waals surface area (Å²) < 4.78 is 0. The molecule has 1 aromatic heterocycles. The van der Waals surface area contributed by atoms with Crippen LogP contribution in [0.1, 0.15) is 35.9 Å². The van der Waals surface area contributed by atoms with Gasteiger partial charge in [-0.2, -0.15) is 0 Å². The summed E-state index contributed by atoms with van der Waals surface area (Å²) in [5.41, 5.74) is 10.6. The Labute approximate surface area is 126 Å². The third-order valence-corrected chi connectivity index (χ3v) is 5.10. The molecule has 8 heteroatoms. The minimum Gasteiger partial charge on any atom is -0.382 e. The summed E-state index contributed by atoms with van der Waals surface area (Å²) in [6, 6.07) is 0.462. The maximum absolute atomic E-state index is 12.5. The smallest absolute Gasteiger partial charge is 0.267 e. The summed E-state index contributed by atoms with van der Waals surface area (Å²) in [7, 11) is 0. The topological polar surface area (TPSA) is 114 Å². The fourth-order valence-corrected chi connectivity index (χ4v) is 3.36. The average Bonchev–Trinajstić information content (AvgIpc) is 3.02. The van der Waals surface area contributed by atoms with Gasteiger partial charge in [-0.05, 0) is 26.2 Å². The van der Waals surface area contributed by atoms with Crippen molar-refractivity contribution in [2.75, 3.05) is 24.1 Å². The number of primary amides is 1. The summed E-state index contributed by atoms with van der Waals surface area (Å²) >= 11 is 1.28. The van der Waals surface area contributed by atoms with Crippen LogP contribution in [0.5, 0.6) is 0 Å². The molecule has 0 aromatic carbocycles. The van der Waals surface area contributed by atoms with Gasteiger partial charge in [-0.3, -0.25) is 9.59 Å². The van der Waals surface area contributed by atoms with Crippen LogP contribution in [0, 0.1) is 5.41 Å². The number of likely N-dealkylation sites (tertiary alicyclic amines) is 1. The zero-order chi connectivity index (χ0) is 15.2. The van der Waals surface area contributed by atoms with Crippen LogP contribution >= 0.6 is 11.3 Å². The Morgan fingerprint density at radius 2 is 2.19 bits per heavy atom. The molecule has 1 saturated carbocycles. The predicted octanol–water partition coefficient (Wildman–Crippen LogP) is 0.637. The monoisotopic (exact) mass is 309 g/mol. The molecule has 21 heavy (non-hydrogen) atoms. The number of carbonyl (C=O) groups is 2. The maximum atomic E-state index is 12.5. The fraction of sp³-hybridized carbons (Fsp3) is 0.615. The van der Waals surface area contributed by atoms with E-state index in [4.69, 9.17) is 11.5 Å². The molecule has 2 aliphatic rings. The molecule has 1 aliphatic heterocycles. The van der Waals surface area contributed by atoms with Gasteiger partial charge in [-0.1, -0.05) is 11.3 Å². The van der Waals surface area contributed by atoms with Crippen LogP contribution in [0.3, 0.4) is 0 Å². The first-order chi connectivity index (χ1) is 9.89. The normalized spacial score (nSPS) is 25.1. The zero-order valence-corrected chi connectivity index (χ0v) is 12.7. The van der Waals surface area contributed by atoms with Gasteiger partial charge < -0.3 is 21.7 Å². The first kappa shape index (κ1) is 14.1. The lowest BCUT2D eigenvalue weighted by atomic mass is 9.89. The number of thiazole rings is 1. The molecule has 0 radical (unpaired) electrons. The van der Waals surface area contributed by atoms with Crippen molar-refractivity contribution >= 4 is 34.1 Å². The summed E-state index contributed by atoms with van der Waals surface area (Å²) in [6.45, 7) is 2.64. The van der Waals surface area contributed by atoms with Crippen molar-refractivity contribution in [3.8, 4) is 0 Å². The first-order valence-corrected chi connectivity index (χ1v) is 7.83. The number of nitrogens with two attached hydrogens (primary N) is 2. The molecule has 2 heterocycles. The van der Waals surface area contributed by atoms with Crippen LogP contribution in [0.15, 0.2) is 0 Å². The number of hydrogen-bond donors (Lipinski definition) is 3. The molecular weight excluding hydrogens is 290 g/mol. The standard InChI is InChI=1S/C13H19N5O2S/c1-13(11(15)20)4-5-18(6-13)10(19)8-9(14)17-12(21-8)16-7-2-3-7/h7H,2-6,14H2,1H3,(H2,15,20)(H,16,17). The second-order valence-electron chi connectivity index (χ2n) is 6.05. The summed E-state index contributed by atoms with van der Waals surface area (Å²) in [5.74, 6) is -0.286. The van der Waals surface area contributed by atoms with Gasteiger partial charge in [0, 0.05) is 19.1 Å². The largest absolute Gasteiger partial charge is 0.382 e. The van der Waals surface area contributed by atoms with Gasteiger partial charge in [-0.25, -0.2) is 4.98 Å². The molecule has 0 spiro atoms. The number of rotatable bonds is 4. The highest BCUT2D eigenvalue weighted by atomic mass is 32.1. The molecule has 1 unspecified atom stereocenters. The van der Waals surface area contributed by atoms with Gasteiger partial charge in [0.2, 0.25) is 5.91 Å². The third-order valence-electron chi connectivity index (χ3n) is 4.11. The number of hydrogen-bond acceptors (Lipinski definition) is 6. The van der Waals surface area contributed by atoms with Crippen LogP contribution in [-0.2, 0) is 4.79 Å². The van der Waals surface area contributed by atoms with Crippen molar-refractivity contribution in [1.29, 1.82) is 0 Å². The van der Waals surface area contributed by atoms with Gasteiger partial charge in [0.05, 0.1) is 5.41 Å². The number of nitrogens with one attached hydrogen (secondary N) is 1. The van der Waals surface area contributed by atoms with E-state index in [1.54, 1.807) is 11.8 Å². The first-order valence-electron chi connectivity index (χ1n) is 7.01. The Morgan fingerprint density at radius 1 is 1.48 bits per heavy atom. The van der Waals surface area contributed by atoms with Crippen molar-refractivity contribution in [3.05, 3.63) is 4.88 Å². The Balaban J connectivity index is 1.73. The zero-order valence-electron chi connectivity index (χ0n) is 11.9. The van der Waals surface area contributed by atoms with Crippen LogP contribution in [0.25, 0.3) is 0 Å². The summed E-state index contributed by atoms with van der Waals surface area (Å²) in [6.07, 6.45) is 2.84. The Hall–Kier alpha value is -1.83. The number of aromatic nitrogens is 1. The minimum absolute atomic E-state index is 0.168. The molecule has 2 amide bonds. The lowest BCUT2D eigenvalue weighted by molar-refractivity contribution is -0.126. The van der Waals surface area contributed by atoms with E-state index in [1.807, 2.05) is 0 Å². The molecular formula is C13H19N5O2S. The quantitative estimate of drug-likeness (QED) is 0.755. The predicted molar refractivity (Wildman–Crippen MR) is 81.0 cm³/mol. The molecule has 0 bridgehead atoms. The molecule has 114 valence electrons. The van der Waals surface area contributed by atoms with Crippen molar-refractivity contribution in [2.24, 2.45) is 11.1 Å². The lowest BCUT2D eigenvalue weighted by Crippen LogP contribution is -2.38. The lowest BCUT2D eigenvalue weighted by Gasteiger charge is -2.20. The third kappa shape index (κ3) is 2.67. The number of nitrogen functional groups attached to an aromatic ring is 1. The van der Waals surface area contributed by atoms with Crippen molar-refractivity contribution in [1.82, 2.24) is 9.88 Å².